The zero-order chi connectivity index (χ0) is 14.8. The fraction of sp³-hybridized carbons (Fsp3) is 0.400. The Morgan fingerprint density at radius 1 is 1.19 bits per heavy atom. The summed E-state index contributed by atoms with van der Waals surface area (Å²) >= 11 is 0. The van der Waals surface area contributed by atoms with Crippen molar-refractivity contribution in [3.8, 4) is 5.75 Å². The number of rotatable bonds is 4. The summed E-state index contributed by atoms with van der Waals surface area (Å²) in [4.78, 5) is 4.29. The van der Waals surface area contributed by atoms with Gasteiger partial charge in [0.2, 0.25) is 0 Å². The minimum absolute atomic E-state index is 0.105. The highest BCUT2D eigenvalue weighted by Gasteiger charge is 2.43. The number of nitrogens with zero attached hydrogens (tertiary/aromatic N) is 1. The third kappa shape index (κ3) is 2.71. The van der Waals surface area contributed by atoms with Crippen LogP contribution in [0.3, 0.4) is 0 Å². The fourth-order valence-corrected chi connectivity index (χ4v) is 2.41. The van der Waals surface area contributed by atoms with Crippen molar-refractivity contribution < 1.29 is 24.4 Å². The molecule has 21 heavy (non-hydrogen) atoms. The van der Waals surface area contributed by atoms with Gasteiger partial charge in [0.15, 0.2) is 6.29 Å². The van der Waals surface area contributed by atoms with Gasteiger partial charge >= 0.3 is 0 Å². The lowest BCUT2D eigenvalue weighted by atomic mass is 10.1. The molecule has 0 spiro atoms. The maximum Gasteiger partial charge on any atom is 0.186 e. The molecular formula is C15H17NO5. The third-order valence-electron chi connectivity index (χ3n) is 3.55. The Morgan fingerprint density at radius 3 is 2.76 bits per heavy atom. The molecule has 6 heteroatoms. The Labute approximate surface area is 121 Å². The van der Waals surface area contributed by atoms with E-state index in [1.807, 2.05) is 24.3 Å². The van der Waals surface area contributed by atoms with E-state index in [1.54, 1.807) is 12.3 Å². The number of fused-ring (bicyclic) bond motifs is 1. The molecule has 0 saturated carbocycles. The highest BCUT2D eigenvalue weighted by atomic mass is 16.7. The maximum atomic E-state index is 9.90. The van der Waals surface area contributed by atoms with Gasteiger partial charge in [-0.1, -0.05) is 18.2 Å². The van der Waals surface area contributed by atoms with Crippen LogP contribution in [0, 0.1) is 0 Å². The monoisotopic (exact) mass is 291 g/mol. The van der Waals surface area contributed by atoms with Crippen molar-refractivity contribution in [2.45, 2.75) is 24.6 Å². The number of aromatic nitrogens is 1. The molecule has 0 radical (unpaired) electrons. The van der Waals surface area contributed by atoms with E-state index in [2.05, 4.69) is 4.98 Å². The largest absolute Gasteiger partial charge is 0.488 e. The van der Waals surface area contributed by atoms with Gasteiger partial charge in [0.05, 0.1) is 0 Å². The summed E-state index contributed by atoms with van der Waals surface area (Å²) in [6, 6.07) is 9.43. The van der Waals surface area contributed by atoms with E-state index in [1.165, 1.54) is 7.11 Å². The summed E-state index contributed by atoms with van der Waals surface area (Å²) in [5.41, 5.74) is 0.747. The first-order valence-corrected chi connectivity index (χ1v) is 6.71. The SMILES string of the molecule is CO[C@@H]1O[C@H](COc2cccc3cccnc23)[C@H](O)[C@H]1O. The molecule has 3 rings (SSSR count). The highest BCUT2D eigenvalue weighted by molar-refractivity contribution is 5.84. The van der Waals surface area contributed by atoms with Crippen LogP contribution in [-0.4, -0.2) is 53.5 Å². The van der Waals surface area contributed by atoms with E-state index in [0.29, 0.717) is 5.75 Å². The topological polar surface area (TPSA) is 81.0 Å². The number of methoxy groups -OCH3 is 1. The van der Waals surface area contributed by atoms with Gasteiger partial charge in [0.25, 0.3) is 0 Å². The Morgan fingerprint density at radius 2 is 2.00 bits per heavy atom. The van der Waals surface area contributed by atoms with Crippen LogP contribution in [0.5, 0.6) is 5.75 Å². The summed E-state index contributed by atoms with van der Waals surface area (Å²) in [5, 5.41) is 20.6. The van der Waals surface area contributed by atoms with Crippen LogP contribution in [0.15, 0.2) is 36.5 Å². The number of para-hydroxylation sites is 1. The summed E-state index contributed by atoms with van der Waals surface area (Å²) in [6.45, 7) is 0.105. The molecule has 2 aromatic rings. The van der Waals surface area contributed by atoms with Crippen LogP contribution in [-0.2, 0) is 9.47 Å². The maximum absolute atomic E-state index is 9.90. The van der Waals surface area contributed by atoms with Gasteiger partial charge in [-0.25, -0.2) is 0 Å². The van der Waals surface area contributed by atoms with Gasteiger partial charge in [-0.15, -0.1) is 0 Å². The molecule has 0 bridgehead atoms. The van der Waals surface area contributed by atoms with E-state index in [4.69, 9.17) is 14.2 Å². The second kappa shape index (κ2) is 5.95. The molecule has 0 unspecified atom stereocenters. The summed E-state index contributed by atoms with van der Waals surface area (Å²) < 4.78 is 16.0. The lowest BCUT2D eigenvalue weighted by Gasteiger charge is -2.15. The number of aliphatic hydroxyl groups is 2. The van der Waals surface area contributed by atoms with Crippen molar-refractivity contribution in [1.29, 1.82) is 0 Å². The minimum atomic E-state index is -1.07. The molecule has 1 fully saturated rings. The van der Waals surface area contributed by atoms with Crippen LogP contribution in [0.4, 0.5) is 0 Å². The summed E-state index contributed by atoms with van der Waals surface area (Å²) in [6.07, 6.45) is -1.91. The zero-order valence-electron chi connectivity index (χ0n) is 11.5. The van der Waals surface area contributed by atoms with E-state index in [-0.39, 0.29) is 6.61 Å². The highest BCUT2D eigenvalue weighted by Crippen LogP contribution is 2.26. The summed E-state index contributed by atoms with van der Waals surface area (Å²) in [7, 11) is 1.42. The molecule has 1 aliphatic heterocycles. The van der Waals surface area contributed by atoms with E-state index >= 15 is 0 Å². The van der Waals surface area contributed by atoms with Crippen molar-refractivity contribution in [3.63, 3.8) is 0 Å². The van der Waals surface area contributed by atoms with Crippen LogP contribution in [0.1, 0.15) is 0 Å². The third-order valence-corrected chi connectivity index (χ3v) is 3.55. The van der Waals surface area contributed by atoms with E-state index < -0.39 is 24.6 Å². The average Bonchev–Trinajstić information content (AvgIpc) is 2.80. The number of hydrogen-bond acceptors (Lipinski definition) is 6. The quantitative estimate of drug-likeness (QED) is 0.863. The Hall–Kier alpha value is -1.73. The molecule has 2 heterocycles. The summed E-state index contributed by atoms with van der Waals surface area (Å²) in [5.74, 6) is 0.610. The number of benzene rings is 1. The molecule has 2 N–H and O–H groups in total. The number of pyridine rings is 1. The number of hydrogen-bond donors (Lipinski definition) is 2. The van der Waals surface area contributed by atoms with Crippen LogP contribution in [0.2, 0.25) is 0 Å². The predicted molar refractivity (Wildman–Crippen MR) is 74.9 cm³/mol. The molecule has 0 amide bonds. The van der Waals surface area contributed by atoms with Crippen molar-refractivity contribution >= 4 is 10.9 Å². The van der Waals surface area contributed by atoms with Gasteiger partial charge < -0.3 is 24.4 Å². The first-order valence-electron chi connectivity index (χ1n) is 6.71. The average molecular weight is 291 g/mol. The molecule has 1 aliphatic rings. The van der Waals surface area contributed by atoms with Crippen molar-refractivity contribution in [3.05, 3.63) is 36.5 Å². The molecule has 6 nitrogen and oxygen atoms in total. The predicted octanol–water partition coefficient (Wildman–Crippen LogP) is 0.707. The van der Waals surface area contributed by atoms with Gasteiger partial charge in [-0.05, 0) is 12.1 Å². The van der Waals surface area contributed by atoms with Gasteiger partial charge in [0.1, 0.15) is 36.2 Å². The second-order valence-corrected chi connectivity index (χ2v) is 4.90. The normalized spacial score (nSPS) is 28.9. The van der Waals surface area contributed by atoms with Crippen LogP contribution in [0.25, 0.3) is 10.9 Å². The fourth-order valence-electron chi connectivity index (χ4n) is 2.41. The first-order chi connectivity index (χ1) is 10.2. The molecule has 1 aromatic heterocycles. The van der Waals surface area contributed by atoms with Gasteiger partial charge in [-0.2, -0.15) is 0 Å². The molecule has 1 aromatic carbocycles. The van der Waals surface area contributed by atoms with E-state index in [0.717, 1.165) is 10.9 Å². The van der Waals surface area contributed by atoms with E-state index in [9.17, 15) is 10.2 Å². The Balaban J connectivity index is 1.73. The lowest BCUT2D eigenvalue weighted by Crippen LogP contribution is -2.35. The van der Waals surface area contributed by atoms with Gasteiger partial charge in [-0.3, -0.25) is 4.98 Å². The second-order valence-electron chi connectivity index (χ2n) is 4.90. The minimum Gasteiger partial charge on any atom is -0.488 e. The smallest absolute Gasteiger partial charge is 0.186 e. The molecule has 112 valence electrons. The van der Waals surface area contributed by atoms with Crippen molar-refractivity contribution in [2.75, 3.05) is 13.7 Å². The number of aliphatic hydroxyl groups excluding tert-OH is 2. The van der Waals surface area contributed by atoms with Crippen molar-refractivity contribution in [1.82, 2.24) is 4.98 Å². The first kappa shape index (κ1) is 14.2. The van der Waals surface area contributed by atoms with Crippen LogP contribution < -0.4 is 4.74 Å². The molecule has 4 atom stereocenters. The van der Waals surface area contributed by atoms with Crippen molar-refractivity contribution in [2.24, 2.45) is 0 Å². The van der Waals surface area contributed by atoms with Crippen LogP contribution >= 0.6 is 0 Å². The molecule has 1 saturated heterocycles. The molecule has 0 aliphatic carbocycles. The standard InChI is InChI=1S/C15H17NO5/c1-19-15-14(18)13(17)11(21-15)8-20-10-6-2-4-9-5-3-7-16-12(9)10/h2-7,11,13-15,17-18H,8H2,1H3/t11-,13+,14-,15-/m1/s1. The Bertz CT molecular complexity index is 615. The lowest BCUT2D eigenvalue weighted by molar-refractivity contribution is -0.152. The molecular weight excluding hydrogens is 274 g/mol. The number of ether oxygens (including phenoxy) is 3. The zero-order valence-corrected chi connectivity index (χ0v) is 11.5. The van der Waals surface area contributed by atoms with Gasteiger partial charge in [0, 0.05) is 18.7 Å². The Kier molecular flexibility index (Phi) is 4.03.